The van der Waals surface area contributed by atoms with Crippen LogP contribution < -0.4 is 4.40 Å². The molecule has 3 aromatic carbocycles. The fraction of sp³-hybridized carbons (Fsp3) is 0.192. The number of pyridine rings is 1. The summed E-state index contributed by atoms with van der Waals surface area (Å²) in [6.45, 7) is 1.95. The van der Waals surface area contributed by atoms with Crippen LogP contribution in [0.4, 0.5) is 17.6 Å². The Labute approximate surface area is 187 Å². The molecule has 164 valence electrons. The molecule has 32 heavy (non-hydrogen) atoms. The number of hydrogen-bond donors (Lipinski definition) is 0. The van der Waals surface area contributed by atoms with Gasteiger partial charge >= 0.3 is 181 Å². The van der Waals surface area contributed by atoms with Crippen molar-refractivity contribution in [2.24, 2.45) is 0 Å². The molecular formula is C26H23F4GeN. The number of hydrogen-bond acceptors (Lipinski definition) is 1. The van der Waals surface area contributed by atoms with Crippen molar-refractivity contribution >= 4 is 28.4 Å². The molecule has 0 saturated carbocycles. The summed E-state index contributed by atoms with van der Waals surface area (Å²) < 4.78 is 57.3. The third-order valence-electron chi connectivity index (χ3n) is 5.70. The normalized spacial score (nSPS) is 12.4. The van der Waals surface area contributed by atoms with E-state index in [2.05, 4.69) is 22.3 Å². The number of halogens is 4. The zero-order valence-electron chi connectivity index (χ0n) is 18.3. The number of aromatic nitrogens is 1. The molecule has 1 heterocycles. The van der Waals surface area contributed by atoms with Crippen LogP contribution in [0.3, 0.4) is 0 Å². The van der Waals surface area contributed by atoms with Crippen molar-refractivity contribution in [3.63, 3.8) is 0 Å². The van der Waals surface area contributed by atoms with Crippen molar-refractivity contribution < 1.29 is 17.6 Å². The molecule has 0 atom stereocenters. The summed E-state index contributed by atoms with van der Waals surface area (Å²) in [5.74, 6) is 5.70. The van der Waals surface area contributed by atoms with Gasteiger partial charge in [0, 0.05) is 0 Å². The zero-order chi connectivity index (χ0) is 23.3. The van der Waals surface area contributed by atoms with Gasteiger partial charge in [-0.2, -0.15) is 0 Å². The number of benzene rings is 3. The third-order valence-corrected chi connectivity index (χ3v) is 9.99. The Hall–Kier alpha value is -2.67. The Morgan fingerprint density at radius 1 is 0.844 bits per heavy atom. The molecule has 0 amide bonds. The summed E-state index contributed by atoms with van der Waals surface area (Å²) in [4.78, 5) is 4.10. The molecule has 0 saturated heterocycles. The number of nitrogens with zero attached hydrogens (tertiary/aromatic N) is 1. The van der Waals surface area contributed by atoms with Crippen LogP contribution >= 0.6 is 0 Å². The minimum absolute atomic E-state index is 0.0612. The Kier molecular flexibility index (Phi) is 5.65. The fourth-order valence-electron chi connectivity index (χ4n) is 3.91. The molecule has 1 nitrogen and oxygen atoms in total. The van der Waals surface area contributed by atoms with Crippen molar-refractivity contribution in [1.82, 2.24) is 4.98 Å². The molecule has 0 spiro atoms. The molecule has 0 bridgehead atoms. The number of rotatable bonds is 3. The van der Waals surface area contributed by atoms with Crippen LogP contribution in [0.25, 0.3) is 33.2 Å². The monoisotopic (exact) mass is 499 g/mol. The molecule has 0 unspecified atom stereocenters. The van der Waals surface area contributed by atoms with E-state index in [1.54, 1.807) is 6.07 Å². The molecule has 1 aromatic heterocycles. The molecule has 0 N–H and O–H groups in total. The maximum absolute atomic E-state index is 15.1. The number of aryl methyl sites for hydroxylation is 1. The van der Waals surface area contributed by atoms with E-state index in [-0.39, 0.29) is 11.1 Å². The fourth-order valence-corrected chi connectivity index (χ4v) is 6.31. The van der Waals surface area contributed by atoms with Gasteiger partial charge < -0.3 is 0 Å². The average molecular weight is 498 g/mol. The van der Waals surface area contributed by atoms with Gasteiger partial charge in [-0.15, -0.1) is 0 Å². The second-order valence-electron chi connectivity index (χ2n) is 9.07. The van der Waals surface area contributed by atoms with Crippen molar-refractivity contribution in [3.8, 4) is 22.4 Å². The molecule has 4 aromatic rings. The van der Waals surface area contributed by atoms with Crippen molar-refractivity contribution in [2.45, 2.75) is 30.4 Å². The van der Waals surface area contributed by atoms with Crippen LogP contribution in [-0.2, 0) is 6.18 Å². The van der Waals surface area contributed by atoms with E-state index in [1.165, 1.54) is 18.2 Å². The van der Waals surface area contributed by atoms with E-state index in [0.29, 0.717) is 11.3 Å². The molecule has 4 rings (SSSR count). The van der Waals surface area contributed by atoms with E-state index in [1.807, 2.05) is 43.3 Å². The van der Waals surface area contributed by atoms with Crippen molar-refractivity contribution in [2.75, 3.05) is 0 Å². The summed E-state index contributed by atoms with van der Waals surface area (Å²) >= 11 is -2.33. The second-order valence-corrected chi connectivity index (χ2v) is 19.7. The van der Waals surface area contributed by atoms with Crippen LogP contribution in [0.1, 0.15) is 11.1 Å². The van der Waals surface area contributed by atoms with Gasteiger partial charge in [0.15, 0.2) is 0 Å². The molecule has 0 aliphatic heterocycles. The van der Waals surface area contributed by atoms with Gasteiger partial charge in [0.2, 0.25) is 0 Å². The first-order chi connectivity index (χ1) is 14.9. The predicted octanol–water partition coefficient (Wildman–Crippen LogP) is 7.58. The summed E-state index contributed by atoms with van der Waals surface area (Å²) in [5.41, 5.74) is 0.862. The van der Waals surface area contributed by atoms with Crippen LogP contribution in [0.5, 0.6) is 0 Å². The molecule has 0 aliphatic carbocycles. The van der Waals surface area contributed by atoms with Gasteiger partial charge in [-0.1, -0.05) is 6.07 Å². The molecule has 0 aliphatic rings. The SMILES string of the molecule is Cc1cc(-c2cc(-c3cc[c]([Ge]([CH3])([CH3])[CH3])cc3F)c(C(F)(F)F)cn2)cc2ccccc12. The summed E-state index contributed by atoms with van der Waals surface area (Å²) in [6.07, 6.45) is -3.84. The van der Waals surface area contributed by atoms with Gasteiger partial charge in [-0.25, -0.2) is 0 Å². The second kappa shape index (κ2) is 8.03. The summed E-state index contributed by atoms with van der Waals surface area (Å²) in [7, 11) is 0. The Morgan fingerprint density at radius 2 is 1.56 bits per heavy atom. The van der Waals surface area contributed by atoms with Gasteiger partial charge in [0.05, 0.1) is 0 Å². The average Bonchev–Trinajstić information content (AvgIpc) is 2.72. The van der Waals surface area contributed by atoms with Crippen LogP contribution in [-0.4, -0.2) is 18.3 Å². The molecular weight excluding hydrogens is 475 g/mol. The van der Waals surface area contributed by atoms with Crippen LogP contribution in [0.2, 0.25) is 17.3 Å². The van der Waals surface area contributed by atoms with E-state index in [0.717, 1.165) is 26.9 Å². The minimum atomic E-state index is -4.65. The van der Waals surface area contributed by atoms with Crippen LogP contribution in [0.15, 0.2) is 66.9 Å². The Bertz CT molecular complexity index is 1320. The zero-order valence-corrected chi connectivity index (χ0v) is 20.4. The Balaban J connectivity index is 1.92. The molecule has 6 heteroatoms. The Morgan fingerprint density at radius 3 is 2.22 bits per heavy atom. The predicted molar refractivity (Wildman–Crippen MR) is 125 cm³/mol. The number of fused-ring (bicyclic) bond motifs is 1. The summed E-state index contributed by atoms with van der Waals surface area (Å²) in [6, 6.07) is 17.6. The van der Waals surface area contributed by atoms with E-state index in [4.69, 9.17) is 0 Å². The van der Waals surface area contributed by atoms with Gasteiger partial charge in [0.1, 0.15) is 0 Å². The van der Waals surface area contributed by atoms with Crippen LogP contribution in [0, 0.1) is 12.7 Å². The van der Waals surface area contributed by atoms with Gasteiger partial charge in [-0.3, -0.25) is 0 Å². The maximum atomic E-state index is 15.1. The van der Waals surface area contributed by atoms with Crippen molar-refractivity contribution in [3.05, 3.63) is 83.8 Å². The van der Waals surface area contributed by atoms with Gasteiger partial charge in [-0.05, 0) is 0 Å². The third kappa shape index (κ3) is 4.31. The first kappa shape index (κ1) is 22.5. The quantitative estimate of drug-likeness (QED) is 0.210. The van der Waals surface area contributed by atoms with E-state index >= 15 is 4.39 Å². The van der Waals surface area contributed by atoms with E-state index < -0.39 is 30.8 Å². The molecule has 0 radical (unpaired) electrons. The first-order valence-corrected chi connectivity index (χ1v) is 17.7. The topological polar surface area (TPSA) is 12.9 Å². The van der Waals surface area contributed by atoms with Crippen molar-refractivity contribution in [1.29, 1.82) is 0 Å². The van der Waals surface area contributed by atoms with Gasteiger partial charge in [0.25, 0.3) is 0 Å². The molecule has 0 fully saturated rings. The standard InChI is InChI=1S/C26H23F4GeN/c1-16-11-18(12-17-7-5-6-8-20(16)17)25-14-22(23(15-32-25)26(28,29)30)21-10-9-19(13-24(21)27)31(2,3)4/h5-15H,1-4H3. The summed E-state index contributed by atoms with van der Waals surface area (Å²) in [5, 5.41) is 2.04. The number of alkyl halides is 3. The van der Waals surface area contributed by atoms with E-state index in [9.17, 15) is 13.2 Å². The first-order valence-electron chi connectivity index (χ1n) is 10.3.